The number of aromatic nitrogens is 2. The maximum atomic E-state index is 11.9. The number of benzene rings is 1. The first kappa shape index (κ1) is 20.2. The van der Waals surface area contributed by atoms with E-state index in [9.17, 15) is 4.79 Å². The highest BCUT2D eigenvalue weighted by atomic mass is 16.5. The van der Waals surface area contributed by atoms with Crippen LogP contribution >= 0.6 is 0 Å². The molecule has 0 fully saturated rings. The lowest BCUT2D eigenvalue weighted by Crippen LogP contribution is -2.25. The standard InChI is InChI=1S/C15H20N4O2.C2H4O2/c1-19-8-7-17-14(19)11-18-15(20)10-12-2-4-13(5-3-12)21-9-6-16;1-2(3)4/h2-5,7-8H,6,9-11,16H2,1H3,(H,18,20);1H3,(H,3,4). The number of nitrogens with one attached hydrogen (secondary N) is 1. The van der Waals surface area contributed by atoms with Crippen LogP contribution in [0.2, 0.25) is 0 Å². The van der Waals surface area contributed by atoms with E-state index in [-0.39, 0.29) is 5.91 Å². The number of rotatable bonds is 7. The van der Waals surface area contributed by atoms with Crippen molar-refractivity contribution in [3.05, 3.63) is 48.0 Å². The third-order valence-electron chi connectivity index (χ3n) is 3.04. The summed E-state index contributed by atoms with van der Waals surface area (Å²) in [6.45, 7) is 2.49. The first-order valence-corrected chi connectivity index (χ1v) is 7.76. The minimum atomic E-state index is -0.833. The number of imidazole rings is 1. The van der Waals surface area contributed by atoms with Crippen molar-refractivity contribution in [2.75, 3.05) is 13.2 Å². The van der Waals surface area contributed by atoms with Gasteiger partial charge in [0, 0.05) is 32.9 Å². The van der Waals surface area contributed by atoms with E-state index in [0.717, 1.165) is 24.1 Å². The zero-order valence-electron chi connectivity index (χ0n) is 14.4. The molecule has 8 nitrogen and oxygen atoms in total. The summed E-state index contributed by atoms with van der Waals surface area (Å²) >= 11 is 0. The molecule has 2 rings (SSSR count). The van der Waals surface area contributed by atoms with E-state index in [1.54, 1.807) is 6.20 Å². The van der Waals surface area contributed by atoms with E-state index in [4.69, 9.17) is 20.4 Å². The number of amides is 1. The van der Waals surface area contributed by atoms with Crippen LogP contribution in [0.4, 0.5) is 0 Å². The van der Waals surface area contributed by atoms with E-state index in [2.05, 4.69) is 10.3 Å². The fourth-order valence-corrected chi connectivity index (χ4v) is 1.87. The molecule has 0 saturated heterocycles. The third-order valence-corrected chi connectivity index (χ3v) is 3.04. The van der Waals surface area contributed by atoms with Gasteiger partial charge in [-0.2, -0.15) is 0 Å². The molecule has 0 atom stereocenters. The van der Waals surface area contributed by atoms with Crippen LogP contribution < -0.4 is 15.8 Å². The molecule has 0 unspecified atom stereocenters. The quantitative estimate of drug-likeness (QED) is 0.678. The zero-order valence-corrected chi connectivity index (χ0v) is 14.4. The molecular formula is C17H24N4O4. The van der Waals surface area contributed by atoms with Gasteiger partial charge in [0.15, 0.2) is 0 Å². The van der Waals surface area contributed by atoms with Crippen molar-refractivity contribution in [3.63, 3.8) is 0 Å². The molecule has 0 radical (unpaired) electrons. The van der Waals surface area contributed by atoms with Crippen LogP contribution in [0.3, 0.4) is 0 Å². The minimum absolute atomic E-state index is 0.0337. The van der Waals surface area contributed by atoms with Gasteiger partial charge in [-0.3, -0.25) is 9.59 Å². The number of carbonyl (C=O) groups is 2. The number of nitrogens with zero attached hydrogens (tertiary/aromatic N) is 2. The summed E-state index contributed by atoms with van der Waals surface area (Å²) in [6.07, 6.45) is 3.89. The predicted octanol–water partition coefficient (Wildman–Crippen LogP) is 0.707. The number of aliphatic carboxylic acids is 1. The molecule has 0 saturated carbocycles. The molecule has 0 aliphatic rings. The van der Waals surface area contributed by atoms with Crippen LogP contribution in [0.25, 0.3) is 0 Å². The summed E-state index contributed by atoms with van der Waals surface area (Å²) in [5.74, 6) is 0.722. The van der Waals surface area contributed by atoms with Crippen molar-refractivity contribution in [2.45, 2.75) is 19.9 Å². The minimum Gasteiger partial charge on any atom is -0.492 e. The van der Waals surface area contributed by atoms with Crippen LogP contribution in [0, 0.1) is 0 Å². The van der Waals surface area contributed by atoms with Gasteiger partial charge >= 0.3 is 0 Å². The SMILES string of the molecule is CC(=O)O.Cn1ccnc1CNC(=O)Cc1ccc(OCCN)cc1. The van der Waals surface area contributed by atoms with E-state index in [1.165, 1.54) is 0 Å². The molecule has 4 N–H and O–H groups in total. The first-order valence-electron chi connectivity index (χ1n) is 7.76. The molecule has 1 heterocycles. The number of aryl methyl sites for hydroxylation is 1. The maximum Gasteiger partial charge on any atom is 0.300 e. The van der Waals surface area contributed by atoms with Gasteiger partial charge in [0.05, 0.1) is 13.0 Å². The Bertz CT molecular complexity index is 664. The summed E-state index contributed by atoms with van der Waals surface area (Å²) < 4.78 is 7.27. The molecule has 25 heavy (non-hydrogen) atoms. The highest BCUT2D eigenvalue weighted by Crippen LogP contribution is 2.12. The Hall–Kier alpha value is -2.87. The molecule has 2 aromatic rings. The molecule has 0 aliphatic carbocycles. The van der Waals surface area contributed by atoms with E-state index in [0.29, 0.717) is 26.1 Å². The lowest BCUT2D eigenvalue weighted by atomic mass is 10.1. The fraction of sp³-hybridized carbons (Fsp3) is 0.353. The number of hydrogen-bond donors (Lipinski definition) is 3. The van der Waals surface area contributed by atoms with Gasteiger partial charge in [-0.15, -0.1) is 0 Å². The van der Waals surface area contributed by atoms with Gasteiger partial charge in [0.2, 0.25) is 5.91 Å². The third kappa shape index (κ3) is 8.52. The maximum absolute atomic E-state index is 11.9. The molecule has 8 heteroatoms. The Balaban J connectivity index is 0.000000705. The Kier molecular flexibility index (Phi) is 8.73. The average molecular weight is 348 g/mol. The Morgan fingerprint density at radius 1 is 1.32 bits per heavy atom. The molecule has 136 valence electrons. The number of carboxylic acids is 1. The zero-order chi connectivity index (χ0) is 18.7. The van der Waals surface area contributed by atoms with E-state index in [1.807, 2.05) is 42.1 Å². The van der Waals surface area contributed by atoms with Crippen molar-refractivity contribution in [3.8, 4) is 5.75 Å². The molecule has 1 amide bonds. The van der Waals surface area contributed by atoms with Crippen LogP contribution in [0.1, 0.15) is 18.3 Å². The molecule has 1 aromatic heterocycles. The van der Waals surface area contributed by atoms with Gasteiger partial charge in [-0.05, 0) is 17.7 Å². The van der Waals surface area contributed by atoms with Crippen LogP contribution in [0.15, 0.2) is 36.7 Å². The van der Waals surface area contributed by atoms with Gasteiger partial charge < -0.3 is 25.5 Å². The summed E-state index contributed by atoms with van der Waals surface area (Å²) in [5, 5.41) is 10.3. The van der Waals surface area contributed by atoms with Crippen molar-refractivity contribution in [1.82, 2.24) is 14.9 Å². The lowest BCUT2D eigenvalue weighted by Gasteiger charge is -2.07. The first-order chi connectivity index (χ1) is 11.9. The second-order valence-corrected chi connectivity index (χ2v) is 5.21. The monoisotopic (exact) mass is 348 g/mol. The molecule has 0 aliphatic heterocycles. The highest BCUT2D eigenvalue weighted by molar-refractivity contribution is 5.78. The second-order valence-electron chi connectivity index (χ2n) is 5.21. The summed E-state index contributed by atoms with van der Waals surface area (Å²) in [7, 11) is 1.90. The van der Waals surface area contributed by atoms with Crippen molar-refractivity contribution >= 4 is 11.9 Å². The number of carboxylic acid groups (broad SMARTS) is 1. The van der Waals surface area contributed by atoms with Crippen molar-refractivity contribution in [1.29, 1.82) is 0 Å². The van der Waals surface area contributed by atoms with Crippen LogP contribution in [0.5, 0.6) is 5.75 Å². The Labute approximate surface area is 146 Å². The van der Waals surface area contributed by atoms with Crippen molar-refractivity contribution < 1.29 is 19.4 Å². The van der Waals surface area contributed by atoms with Gasteiger partial charge in [-0.1, -0.05) is 12.1 Å². The van der Waals surface area contributed by atoms with E-state index >= 15 is 0 Å². The summed E-state index contributed by atoms with van der Waals surface area (Å²) in [4.78, 5) is 25.0. The van der Waals surface area contributed by atoms with E-state index < -0.39 is 5.97 Å². The largest absolute Gasteiger partial charge is 0.492 e. The Morgan fingerprint density at radius 2 is 1.96 bits per heavy atom. The molecule has 0 bridgehead atoms. The van der Waals surface area contributed by atoms with Crippen LogP contribution in [-0.2, 0) is 29.6 Å². The second kappa shape index (κ2) is 10.8. The van der Waals surface area contributed by atoms with Crippen LogP contribution in [-0.4, -0.2) is 39.7 Å². The van der Waals surface area contributed by atoms with Gasteiger partial charge in [-0.25, -0.2) is 4.98 Å². The molecular weight excluding hydrogens is 324 g/mol. The normalized spacial score (nSPS) is 9.72. The molecule has 0 spiro atoms. The predicted molar refractivity (Wildman–Crippen MR) is 93.1 cm³/mol. The van der Waals surface area contributed by atoms with Gasteiger partial charge in [0.25, 0.3) is 5.97 Å². The number of nitrogens with two attached hydrogens (primary N) is 1. The number of hydrogen-bond acceptors (Lipinski definition) is 5. The van der Waals surface area contributed by atoms with Crippen molar-refractivity contribution in [2.24, 2.45) is 12.8 Å². The topological polar surface area (TPSA) is 119 Å². The summed E-state index contributed by atoms with van der Waals surface area (Å²) in [5.41, 5.74) is 6.31. The average Bonchev–Trinajstić information content (AvgIpc) is 2.97. The number of carbonyl (C=O) groups excluding carboxylic acids is 1. The summed E-state index contributed by atoms with van der Waals surface area (Å²) in [6, 6.07) is 7.45. The smallest absolute Gasteiger partial charge is 0.300 e. The molecule has 1 aromatic carbocycles. The fourth-order valence-electron chi connectivity index (χ4n) is 1.87. The Morgan fingerprint density at radius 3 is 2.48 bits per heavy atom. The van der Waals surface area contributed by atoms with Gasteiger partial charge in [0.1, 0.15) is 18.2 Å². The number of ether oxygens (including phenoxy) is 1. The lowest BCUT2D eigenvalue weighted by molar-refractivity contribution is -0.134. The highest BCUT2D eigenvalue weighted by Gasteiger charge is 2.05.